The fraction of sp³-hybridized carbons (Fsp3) is 0.333. The average Bonchev–Trinajstić information content (AvgIpc) is 2.92. The number of nitrogens with one attached hydrogen (secondary N) is 1. The molecule has 0 bridgehead atoms. The Morgan fingerprint density at radius 1 is 1.33 bits per heavy atom. The van der Waals surface area contributed by atoms with Crippen molar-refractivity contribution in [2.75, 3.05) is 13.7 Å². The van der Waals surface area contributed by atoms with E-state index in [9.17, 15) is 4.79 Å². The summed E-state index contributed by atoms with van der Waals surface area (Å²) >= 11 is 0. The lowest BCUT2D eigenvalue weighted by atomic mass is 10.2. The number of ether oxygens (including phenoxy) is 2. The summed E-state index contributed by atoms with van der Waals surface area (Å²) in [7, 11) is 1.58. The molecule has 2 rings (SSSR count). The van der Waals surface area contributed by atoms with Crippen LogP contribution in [0.5, 0.6) is 11.5 Å². The number of hydrogen-bond donors (Lipinski definition) is 1. The molecule has 0 fully saturated rings. The third-order valence-electron chi connectivity index (χ3n) is 2.84. The molecule has 0 radical (unpaired) electrons. The van der Waals surface area contributed by atoms with Crippen molar-refractivity contribution in [3.63, 3.8) is 0 Å². The average molecular weight is 290 g/mol. The monoisotopic (exact) mass is 290 g/mol. The molecular weight excluding hydrogens is 272 g/mol. The smallest absolute Gasteiger partial charge is 0.273 e. The van der Waals surface area contributed by atoms with Crippen molar-refractivity contribution < 1.29 is 18.8 Å². The van der Waals surface area contributed by atoms with Crippen molar-refractivity contribution in [1.29, 1.82) is 0 Å². The normalized spacial score (nSPS) is 10.2. The van der Waals surface area contributed by atoms with Gasteiger partial charge in [-0.1, -0.05) is 11.2 Å². The maximum atomic E-state index is 11.9. The number of aryl methyl sites for hydroxylation is 1. The largest absolute Gasteiger partial charge is 0.493 e. The molecule has 0 saturated heterocycles. The number of carbonyl (C=O) groups excluding carboxylic acids is 1. The Labute approximate surface area is 123 Å². The van der Waals surface area contributed by atoms with E-state index in [1.807, 2.05) is 25.1 Å². The lowest BCUT2D eigenvalue weighted by molar-refractivity contribution is 0.0941. The summed E-state index contributed by atoms with van der Waals surface area (Å²) in [5.41, 5.74) is 1.18. The van der Waals surface area contributed by atoms with Crippen LogP contribution in [0, 0.1) is 6.92 Å². The molecule has 0 aliphatic heterocycles. The lowest BCUT2D eigenvalue weighted by Gasteiger charge is -2.11. The molecule has 6 heteroatoms. The van der Waals surface area contributed by atoms with E-state index in [4.69, 9.17) is 14.0 Å². The fourth-order valence-corrected chi connectivity index (χ4v) is 1.84. The van der Waals surface area contributed by atoms with E-state index in [1.165, 1.54) is 0 Å². The molecule has 0 unspecified atom stereocenters. The molecular formula is C15H18N2O4. The molecule has 1 aromatic carbocycles. The Kier molecular flexibility index (Phi) is 4.81. The first kappa shape index (κ1) is 14.9. The number of aromatic nitrogens is 1. The van der Waals surface area contributed by atoms with Crippen molar-refractivity contribution in [2.45, 2.75) is 20.4 Å². The van der Waals surface area contributed by atoms with Gasteiger partial charge in [-0.3, -0.25) is 4.79 Å². The zero-order valence-corrected chi connectivity index (χ0v) is 12.3. The number of nitrogens with zero attached hydrogens (tertiary/aromatic N) is 1. The molecule has 1 aromatic heterocycles. The third-order valence-corrected chi connectivity index (χ3v) is 2.84. The van der Waals surface area contributed by atoms with Gasteiger partial charge in [-0.15, -0.1) is 0 Å². The quantitative estimate of drug-likeness (QED) is 0.883. The van der Waals surface area contributed by atoms with Gasteiger partial charge in [0.25, 0.3) is 5.91 Å². The number of benzene rings is 1. The second-order valence-corrected chi connectivity index (χ2v) is 4.42. The molecule has 0 aliphatic rings. The van der Waals surface area contributed by atoms with Crippen molar-refractivity contribution in [1.82, 2.24) is 10.5 Å². The minimum Gasteiger partial charge on any atom is -0.493 e. The fourth-order valence-electron chi connectivity index (χ4n) is 1.84. The molecule has 6 nitrogen and oxygen atoms in total. The Morgan fingerprint density at radius 2 is 2.14 bits per heavy atom. The molecule has 21 heavy (non-hydrogen) atoms. The molecule has 1 N–H and O–H groups in total. The second-order valence-electron chi connectivity index (χ2n) is 4.42. The van der Waals surface area contributed by atoms with E-state index >= 15 is 0 Å². The summed E-state index contributed by atoms with van der Waals surface area (Å²) in [6.07, 6.45) is 0. The van der Waals surface area contributed by atoms with Crippen LogP contribution in [0.3, 0.4) is 0 Å². The Morgan fingerprint density at radius 3 is 2.76 bits per heavy atom. The van der Waals surface area contributed by atoms with Gasteiger partial charge in [-0.25, -0.2) is 0 Å². The topological polar surface area (TPSA) is 73.6 Å². The molecule has 0 spiro atoms. The molecule has 1 heterocycles. The van der Waals surface area contributed by atoms with Crippen LogP contribution < -0.4 is 14.8 Å². The van der Waals surface area contributed by atoms with E-state index in [0.717, 1.165) is 5.56 Å². The van der Waals surface area contributed by atoms with Gasteiger partial charge >= 0.3 is 0 Å². The Bertz CT molecular complexity index is 622. The minimum atomic E-state index is -0.278. The number of hydrogen-bond acceptors (Lipinski definition) is 5. The minimum absolute atomic E-state index is 0.269. The highest BCUT2D eigenvalue weighted by Crippen LogP contribution is 2.27. The SMILES string of the molecule is CCOc1ccc(CNC(=O)c2cc(C)on2)cc1OC. The number of amides is 1. The lowest BCUT2D eigenvalue weighted by Crippen LogP contribution is -2.23. The zero-order chi connectivity index (χ0) is 15.2. The molecule has 112 valence electrons. The highest BCUT2D eigenvalue weighted by molar-refractivity contribution is 5.92. The van der Waals surface area contributed by atoms with Crippen molar-refractivity contribution >= 4 is 5.91 Å². The third kappa shape index (κ3) is 3.75. The molecule has 0 atom stereocenters. The zero-order valence-electron chi connectivity index (χ0n) is 12.3. The van der Waals surface area contributed by atoms with E-state index in [1.54, 1.807) is 20.1 Å². The summed E-state index contributed by atoms with van der Waals surface area (Å²) in [5, 5.41) is 6.44. The van der Waals surface area contributed by atoms with Crippen LogP contribution in [0.4, 0.5) is 0 Å². The summed E-state index contributed by atoms with van der Waals surface area (Å²) in [4.78, 5) is 11.9. The van der Waals surface area contributed by atoms with Crippen LogP contribution in [0.25, 0.3) is 0 Å². The first-order chi connectivity index (χ1) is 10.1. The molecule has 0 aliphatic carbocycles. The van der Waals surface area contributed by atoms with Gasteiger partial charge in [0, 0.05) is 12.6 Å². The first-order valence-corrected chi connectivity index (χ1v) is 6.65. The van der Waals surface area contributed by atoms with Gasteiger partial charge in [-0.2, -0.15) is 0 Å². The first-order valence-electron chi connectivity index (χ1n) is 6.65. The van der Waals surface area contributed by atoms with E-state index in [-0.39, 0.29) is 11.6 Å². The predicted octanol–water partition coefficient (Wildman–Crippen LogP) is 2.32. The van der Waals surface area contributed by atoms with E-state index in [2.05, 4.69) is 10.5 Å². The van der Waals surface area contributed by atoms with Gasteiger partial charge in [0.1, 0.15) is 5.76 Å². The van der Waals surface area contributed by atoms with Gasteiger partial charge in [0.2, 0.25) is 0 Å². The van der Waals surface area contributed by atoms with E-state index in [0.29, 0.717) is 30.4 Å². The van der Waals surface area contributed by atoms with Crippen LogP contribution in [-0.4, -0.2) is 24.8 Å². The number of rotatable bonds is 6. The Balaban J connectivity index is 2.01. The highest BCUT2D eigenvalue weighted by atomic mass is 16.5. The van der Waals surface area contributed by atoms with Crippen molar-refractivity contribution in [2.24, 2.45) is 0 Å². The molecule has 0 saturated carbocycles. The van der Waals surface area contributed by atoms with Crippen molar-refractivity contribution in [3.8, 4) is 11.5 Å². The predicted molar refractivity (Wildman–Crippen MR) is 76.6 cm³/mol. The molecule has 1 amide bonds. The van der Waals surface area contributed by atoms with Crippen LogP contribution in [-0.2, 0) is 6.54 Å². The van der Waals surface area contributed by atoms with Gasteiger partial charge in [0.15, 0.2) is 17.2 Å². The number of methoxy groups -OCH3 is 1. The second kappa shape index (κ2) is 6.78. The molecule has 2 aromatic rings. The van der Waals surface area contributed by atoms with E-state index < -0.39 is 0 Å². The van der Waals surface area contributed by atoms with Crippen molar-refractivity contribution in [3.05, 3.63) is 41.3 Å². The van der Waals surface area contributed by atoms with Gasteiger partial charge < -0.3 is 19.3 Å². The standard InChI is InChI=1S/C15H18N2O4/c1-4-20-13-6-5-11(8-14(13)19-3)9-16-15(18)12-7-10(2)21-17-12/h5-8H,4,9H2,1-3H3,(H,16,18). The summed E-state index contributed by atoms with van der Waals surface area (Å²) in [6.45, 7) is 4.58. The summed E-state index contributed by atoms with van der Waals surface area (Å²) < 4.78 is 15.6. The highest BCUT2D eigenvalue weighted by Gasteiger charge is 2.11. The van der Waals surface area contributed by atoms with Crippen LogP contribution in [0.1, 0.15) is 28.7 Å². The van der Waals surface area contributed by atoms with Crippen LogP contribution >= 0.6 is 0 Å². The summed E-state index contributed by atoms with van der Waals surface area (Å²) in [6, 6.07) is 7.12. The maximum Gasteiger partial charge on any atom is 0.273 e. The summed E-state index contributed by atoms with van der Waals surface area (Å²) in [5.74, 6) is 1.64. The maximum absolute atomic E-state index is 11.9. The van der Waals surface area contributed by atoms with Gasteiger partial charge in [0.05, 0.1) is 13.7 Å². The van der Waals surface area contributed by atoms with Gasteiger partial charge in [-0.05, 0) is 31.5 Å². The Hall–Kier alpha value is -2.50. The van der Waals surface area contributed by atoms with Crippen LogP contribution in [0.2, 0.25) is 0 Å². The number of carbonyl (C=O) groups is 1. The van der Waals surface area contributed by atoms with Crippen LogP contribution in [0.15, 0.2) is 28.8 Å².